The lowest BCUT2D eigenvalue weighted by Crippen LogP contribution is -2.50. The highest BCUT2D eigenvalue weighted by Gasteiger charge is 2.32. The molecule has 0 radical (unpaired) electrons. The number of aliphatic hydroxyl groups is 1. The van der Waals surface area contributed by atoms with Crippen LogP contribution in [0.5, 0.6) is 0 Å². The third-order valence-corrected chi connectivity index (χ3v) is 8.10. The Hall–Kier alpha value is -3.52. The summed E-state index contributed by atoms with van der Waals surface area (Å²) in [5, 5.41) is 10.1. The van der Waals surface area contributed by atoms with Crippen molar-refractivity contribution in [2.24, 2.45) is 5.92 Å². The second-order valence-corrected chi connectivity index (χ2v) is 11.4. The number of hydrogen-bond donors (Lipinski definition) is 1. The maximum Gasteiger partial charge on any atom is 0.254 e. The molecule has 0 bridgehead atoms. The highest BCUT2D eigenvalue weighted by Crippen LogP contribution is 2.31. The number of aliphatic hydroxyl groups excluding tert-OH is 1. The Bertz CT molecular complexity index is 1310. The molecule has 0 saturated heterocycles. The van der Waals surface area contributed by atoms with Gasteiger partial charge in [-0.25, -0.2) is 0 Å². The summed E-state index contributed by atoms with van der Waals surface area (Å²) >= 11 is 0. The molecule has 0 fully saturated rings. The van der Waals surface area contributed by atoms with Gasteiger partial charge in [-0.3, -0.25) is 14.5 Å². The van der Waals surface area contributed by atoms with E-state index in [1.54, 1.807) is 9.80 Å². The van der Waals surface area contributed by atoms with E-state index >= 15 is 0 Å². The van der Waals surface area contributed by atoms with Gasteiger partial charge in [0, 0.05) is 31.6 Å². The van der Waals surface area contributed by atoms with Crippen LogP contribution in [0.4, 0.5) is 0 Å². The van der Waals surface area contributed by atoms with Gasteiger partial charge in [0.1, 0.15) is 0 Å². The zero-order chi connectivity index (χ0) is 29.5. The van der Waals surface area contributed by atoms with Gasteiger partial charge in [-0.1, -0.05) is 79.7 Å². The third kappa shape index (κ3) is 7.22. The van der Waals surface area contributed by atoms with E-state index in [4.69, 9.17) is 4.74 Å². The molecule has 0 aliphatic carbocycles. The number of nitrogens with zero attached hydrogens (tertiary/aromatic N) is 3. The highest BCUT2D eigenvalue weighted by molar-refractivity contribution is 6.01. The van der Waals surface area contributed by atoms with Crippen LogP contribution < -0.4 is 0 Å². The topological polar surface area (TPSA) is 73.3 Å². The molecule has 1 N–H and O–H groups in total. The number of carbonyl (C=O) groups is 2. The van der Waals surface area contributed by atoms with Gasteiger partial charge in [-0.2, -0.15) is 0 Å². The number of hydrogen-bond acceptors (Lipinski definition) is 5. The first-order valence-corrected chi connectivity index (χ1v) is 14.4. The molecule has 1 aliphatic rings. The molecule has 7 heteroatoms. The second kappa shape index (κ2) is 13.9. The van der Waals surface area contributed by atoms with Crippen LogP contribution in [-0.2, 0) is 22.6 Å². The van der Waals surface area contributed by atoms with Gasteiger partial charge in [0.2, 0.25) is 5.91 Å². The van der Waals surface area contributed by atoms with Gasteiger partial charge < -0.3 is 19.6 Å². The fraction of sp³-hybridized carbons (Fsp3) is 0.412. The molecule has 41 heavy (non-hydrogen) atoms. The molecule has 2 amide bonds. The predicted molar refractivity (Wildman–Crippen MR) is 162 cm³/mol. The Morgan fingerprint density at radius 3 is 2.22 bits per heavy atom. The van der Waals surface area contributed by atoms with E-state index in [1.165, 1.54) is 0 Å². The standard InChI is InChI=1S/C34H43N3O4/c1-24-20-37(25(2)22-38)33(39)30-18-12-11-17-29(30)28-16-10-9-15-27(28)23-41-32(24)21-36(5)34(40)31(35(3)4)19-26-13-7-6-8-14-26/h6-18,24-25,31-32,38H,19-23H2,1-5H3/t24-,25+,31-,32+/m0/s1. The molecule has 0 aromatic heterocycles. The van der Waals surface area contributed by atoms with Crippen molar-refractivity contribution in [2.45, 2.75) is 45.1 Å². The monoisotopic (exact) mass is 557 g/mol. The molecular weight excluding hydrogens is 514 g/mol. The molecule has 3 aromatic rings. The molecule has 3 aromatic carbocycles. The quantitative estimate of drug-likeness (QED) is 0.446. The Morgan fingerprint density at radius 2 is 1.56 bits per heavy atom. The van der Waals surface area contributed by atoms with E-state index in [0.717, 1.165) is 22.3 Å². The number of carbonyl (C=O) groups excluding carboxylic acids is 2. The van der Waals surface area contributed by atoms with Crippen LogP contribution in [0, 0.1) is 5.92 Å². The van der Waals surface area contributed by atoms with E-state index in [0.29, 0.717) is 31.7 Å². The molecule has 1 aliphatic heterocycles. The summed E-state index contributed by atoms with van der Waals surface area (Å²) in [6, 6.07) is 25.0. The van der Waals surface area contributed by atoms with Crippen molar-refractivity contribution in [1.82, 2.24) is 14.7 Å². The number of rotatable bonds is 8. The molecule has 7 nitrogen and oxygen atoms in total. The number of ether oxygens (including phenoxy) is 1. The van der Waals surface area contributed by atoms with Crippen molar-refractivity contribution in [3.05, 3.63) is 95.6 Å². The molecule has 0 saturated carbocycles. The van der Waals surface area contributed by atoms with Crippen LogP contribution in [0.1, 0.15) is 35.3 Å². The average molecular weight is 558 g/mol. The minimum absolute atomic E-state index is 0.0217. The van der Waals surface area contributed by atoms with Crippen LogP contribution in [-0.4, -0.2) is 90.6 Å². The van der Waals surface area contributed by atoms with Crippen LogP contribution >= 0.6 is 0 Å². The van der Waals surface area contributed by atoms with Crippen LogP contribution in [0.25, 0.3) is 11.1 Å². The second-order valence-electron chi connectivity index (χ2n) is 11.4. The average Bonchev–Trinajstić information content (AvgIpc) is 3.01. The highest BCUT2D eigenvalue weighted by atomic mass is 16.5. The Morgan fingerprint density at radius 1 is 0.951 bits per heavy atom. The summed E-state index contributed by atoms with van der Waals surface area (Å²) in [4.78, 5) is 33.2. The summed E-state index contributed by atoms with van der Waals surface area (Å²) in [6.07, 6.45) is 0.277. The lowest BCUT2D eigenvalue weighted by atomic mass is 9.94. The SMILES string of the molecule is C[C@H](CO)N1C[C@H](C)[C@@H](CN(C)C(=O)[C@H](Cc2ccccc2)N(C)C)OCc2ccccc2-c2ccccc2C1=O. The molecule has 1 heterocycles. The van der Waals surface area contributed by atoms with Crippen molar-refractivity contribution in [3.8, 4) is 11.1 Å². The number of likely N-dealkylation sites (N-methyl/N-ethyl adjacent to an activating group) is 2. The van der Waals surface area contributed by atoms with Crippen LogP contribution in [0.15, 0.2) is 78.9 Å². The Labute approximate surface area is 244 Å². The van der Waals surface area contributed by atoms with E-state index in [1.807, 2.05) is 112 Å². The summed E-state index contributed by atoms with van der Waals surface area (Å²) in [7, 11) is 5.69. The summed E-state index contributed by atoms with van der Waals surface area (Å²) in [5.41, 5.74) is 4.49. The van der Waals surface area contributed by atoms with E-state index < -0.39 is 0 Å². The number of amides is 2. The molecule has 4 rings (SSSR count). The maximum atomic E-state index is 14.0. The Kier molecular flexibility index (Phi) is 10.3. The minimum atomic E-state index is -0.377. The van der Waals surface area contributed by atoms with E-state index in [2.05, 4.69) is 6.92 Å². The Balaban J connectivity index is 1.65. The molecular formula is C34H43N3O4. The van der Waals surface area contributed by atoms with Gasteiger partial charge in [0.15, 0.2) is 0 Å². The van der Waals surface area contributed by atoms with Crippen LogP contribution in [0.2, 0.25) is 0 Å². The van der Waals surface area contributed by atoms with Gasteiger partial charge in [0.05, 0.1) is 31.4 Å². The summed E-state index contributed by atoms with van der Waals surface area (Å²) in [5.74, 6) is -0.203. The van der Waals surface area contributed by atoms with Crippen molar-refractivity contribution < 1.29 is 19.4 Å². The zero-order valence-corrected chi connectivity index (χ0v) is 24.9. The van der Waals surface area contributed by atoms with Gasteiger partial charge in [-0.05, 0) is 55.8 Å². The third-order valence-electron chi connectivity index (χ3n) is 8.10. The zero-order valence-electron chi connectivity index (χ0n) is 24.9. The van der Waals surface area contributed by atoms with Gasteiger partial charge in [0.25, 0.3) is 5.91 Å². The number of benzene rings is 3. The maximum absolute atomic E-state index is 14.0. The van der Waals surface area contributed by atoms with Crippen molar-refractivity contribution in [2.75, 3.05) is 40.8 Å². The minimum Gasteiger partial charge on any atom is -0.394 e. The summed E-state index contributed by atoms with van der Waals surface area (Å²) < 4.78 is 6.60. The van der Waals surface area contributed by atoms with E-state index in [9.17, 15) is 14.7 Å². The van der Waals surface area contributed by atoms with Crippen molar-refractivity contribution >= 4 is 11.8 Å². The molecule has 218 valence electrons. The summed E-state index contributed by atoms with van der Waals surface area (Å²) in [6.45, 7) is 4.88. The molecule has 0 spiro atoms. The molecule has 4 atom stereocenters. The van der Waals surface area contributed by atoms with Gasteiger partial charge in [-0.15, -0.1) is 0 Å². The first kappa shape index (κ1) is 30.4. The van der Waals surface area contributed by atoms with Crippen molar-refractivity contribution in [1.29, 1.82) is 0 Å². The van der Waals surface area contributed by atoms with Gasteiger partial charge >= 0.3 is 0 Å². The van der Waals surface area contributed by atoms with Crippen molar-refractivity contribution in [3.63, 3.8) is 0 Å². The lowest BCUT2D eigenvalue weighted by molar-refractivity contribution is -0.137. The smallest absolute Gasteiger partial charge is 0.254 e. The fourth-order valence-electron chi connectivity index (χ4n) is 5.49. The largest absolute Gasteiger partial charge is 0.394 e. The first-order chi connectivity index (χ1) is 19.7. The predicted octanol–water partition coefficient (Wildman–Crippen LogP) is 4.34. The molecule has 0 unspecified atom stereocenters. The first-order valence-electron chi connectivity index (χ1n) is 14.4. The van der Waals surface area contributed by atoms with E-state index in [-0.39, 0.29) is 42.5 Å². The number of fused-ring (bicyclic) bond motifs is 3. The van der Waals surface area contributed by atoms with Crippen LogP contribution in [0.3, 0.4) is 0 Å². The normalized spacial score (nSPS) is 19.1. The fourth-order valence-corrected chi connectivity index (χ4v) is 5.49. The lowest BCUT2D eigenvalue weighted by Gasteiger charge is -2.36.